The third-order valence-electron chi connectivity index (χ3n) is 2.85. The summed E-state index contributed by atoms with van der Waals surface area (Å²) in [6.45, 7) is 0.527. The molecule has 3 N–H and O–H groups in total. The molecule has 0 atom stereocenters. The number of pyridine rings is 1. The van der Waals surface area contributed by atoms with E-state index in [1.54, 1.807) is 30.3 Å². The van der Waals surface area contributed by atoms with Gasteiger partial charge in [0.2, 0.25) is 5.91 Å². The van der Waals surface area contributed by atoms with Gasteiger partial charge < -0.3 is 11.1 Å². The minimum absolute atomic E-state index is 0.0406. The van der Waals surface area contributed by atoms with Crippen molar-refractivity contribution in [3.8, 4) is 0 Å². The number of amides is 1. The van der Waals surface area contributed by atoms with Gasteiger partial charge in [0, 0.05) is 18.4 Å². The van der Waals surface area contributed by atoms with Crippen molar-refractivity contribution in [3.63, 3.8) is 0 Å². The Morgan fingerprint density at radius 1 is 1.19 bits per heavy atom. The molecule has 0 saturated heterocycles. The number of rotatable bonds is 5. The Morgan fingerprint density at radius 3 is 2.33 bits per heavy atom. The van der Waals surface area contributed by atoms with E-state index in [0.29, 0.717) is 17.8 Å². The lowest BCUT2D eigenvalue weighted by Crippen LogP contribution is -2.10. The van der Waals surface area contributed by atoms with E-state index in [1.165, 1.54) is 12.3 Å². The van der Waals surface area contributed by atoms with Crippen molar-refractivity contribution in [2.75, 3.05) is 11.6 Å². The fraction of sp³-hybridized carbons (Fsp3) is 0.143. The molecule has 0 aliphatic carbocycles. The third kappa shape index (κ3) is 4.03. The largest absolute Gasteiger partial charge is 0.380 e. The van der Waals surface area contributed by atoms with E-state index in [4.69, 9.17) is 5.73 Å². The van der Waals surface area contributed by atoms with Crippen LogP contribution in [0.4, 0.5) is 5.69 Å². The van der Waals surface area contributed by atoms with Crippen LogP contribution in [0.15, 0.2) is 47.6 Å². The minimum atomic E-state index is -3.28. The van der Waals surface area contributed by atoms with E-state index in [9.17, 15) is 13.2 Å². The number of sulfone groups is 1. The number of primary amides is 1. The number of carbonyl (C=O) groups excluding carboxylic acids is 1. The molecule has 1 heterocycles. The van der Waals surface area contributed by atoms with Gasteiger partial charge in [0.05, 0.1) is 11.9 Å². The van der Waals surface area contributed by atoms with E-state index in [1.807, 2.05) is 0 Å². The second-order valence-corrected chi connectivity index (χ2v) is 6.53. The van der Waals surface area contributed by atoms with Gasteiger partial charge in [-0.25, -0.2) is 13.4 Å². The first kappa shape index (κ1) is 15.0. The molecule has 21 heavy (non-hydrogen) atoms. The number of hydrogen-bond acceptors (Lipinski definition) is 5. The Hall–Kier alpha value is -2.41. The fourth-order valence-electron chi connectivity index (χ4n) is 1.70. The molecular weight excluding hydrogens is 290 g/mol. The highest BCUT2D eigenvalue weighted by molar-refractivity contribution is 7.90. The second kappa shape index (κ2) is 5.92. The molecule has 0 saturated carbocycles. The highest BCUT2D eigenvalue weighted by Crippen LogP contribution is 2.12. The number of carbonyl (C=O) groups is 1. The van der Waals surface area contributed by atoms with Gasteiger partial charge in [0.1, 0.15) is 0 Å². The standard InChI is InChI=1S/C14H15N3O3S/c1-21(19,20)13-7-6-12(9-17-13)16-8-10-2-4-11(5-3-10)14(15)18/h2-7,9,16H,8H2,1H3,(H2,15,18). The average molecular weight is 305 g/mol. The average Bonchev–Trinajstić information content (AvgIpc) is 2.45. The Kier molecular flexibility index (Phi) is 4.23. The number of hydrogen-bond donors (Lipinski definition) is 2. The first-order valence-corrected chi connectivity index (χ1v) is 8.04. The van der Waals surface area contributed by atoms with Gasteiger partial charge in [-0.1, -0.05) is 12.1 Å². The molecule has 0 fully saturated rings. The molecule has 0 spiro atoms. The molecule has 6 nitrogen and oxygen atoms in total. The molecule has 0 aliphatic heterocycles. The van der Waals surface area contributed by atoms with Crippen LogP contribution in [-0.2, 0) is 16.4 Å². The maximum atomic E-state index is 11.3. The van der Waals surface area contributed by atoms with Crippen LogP contribution in [0.1, 0.15) is 15.9 Å². The Morgan fingerprint density at radius 2 is 1.86 bits per heavy atom. The van der Waals surface area contributed by atoms with Crippen molar-refractivity contribution >= 4 is 21.4 Å². The van der Waals surface area contributed by atoms with Crippen LogP contribution in [0.5, 0.6) is 0 Å². The van der Waals surface area contributed by atoms with Gasteiger partial charge in [-0.2, -0.15) is 0 Å². The van der Waals surface area contributed by atoms with Crippen molar-refractivity contribution < 1.29 is 13.2 Å². The van der Waals surface area contributed by atoms with Crippen LogP contribution in [0.2, 0.25) is 0 Å². The van der Waals surface area contributed by atoms with Crippen LogP contribution in [0.3, 0.4) is 0 Å². The molecule has 1 amide bonds. The van der Waals surface area contributed by atoms with Crippen LogP contribution in [0, 0.1) is 0 Å². The second-order valence-electron chi connectivity index (χ2n) is 4.57. The topological polar surface area (TPSA) is 102 Å². The highest BCUT2D eigenvalue weighted by atomic mass is 32.2. The van der Waals surface area contributed by atoms with Crippen LogP contribution < -0.4 is 11.1 Å². The maximum Gasteiger partial charge on any atom is 0.248 e. The Labute approximate surface area is 122 Å². The monoisotopic (exact) mass is 305 g/mol. The zero-order valence-electron chi connectivity index (χ0n) is 11.4. The van der Waals surface area contributed by atoms with Gasteiger partial charge in [-0.3, -0.25) is 4.79 Å². The Balaban J connectivity index is 2.01. The highest BCUT2D eigenvalue weighted by Gasteiger charge is 2.07. The molecule has 0 unspecified atom stereocenters. The summed E-state index contributed by atoms with van der Waals surface area (Å²) in [7, 11) is -3.28. The van der Waals surface area contributed by atoms with Gasteiger partial charge in [0.15, 0.2) is 14.9 Å². The number of nitrogens with two attached hydrogens (primary N) is 1. The molecule has 2 rings (SSSR count). The van der Waals surface area contributed by atoms with Crippen molar-refractivity contribution in [2.24, 2.45) is 5.73 Å². The summed E-state index contributed by atoms with van der Waals surface area (Å²) in [5.41, 5.74) is 7.30. The fourth-order valence-corrected chi connectivity index (χ4v) is 2.25. The molecule has 1 aromatic heterocycles. The lowest BCUT2D eigenvalue weighted by atomic mass is 10.1. The van der Waals surface area contributed by atoms with Gasteiger partial charge in [0.25, 0.3) is 0 Å². The predicted molar refractivity (Wildman–Crippen MR) is 79.6 cm³/mol. The predicted octanol–water partition coefficient (Wildman–Crippen LogP) is 1.20. The van der Waals surface area contributed by atoms with Gasteiger partial charge in [-0.05, 0) is 29.8 Å². The number of benzene rings is 1. The number of aromatic nitrogens is 1. The van der Waals surface area contributed by atoms with Crippen LogP contribution in [0.25, 0.3) is 0 Å². The SMILES string of the molecule is CS(=O)(=O)c1ccc(NCc2ccc(C(N)=O)cc2)cn1. The summed E-state index contributed by atoms with van der Waals surface area (Å²) in [5, 5.41) is 3.16. The van der Waals surface area contributed by atoms with E-state index < -0.39 is 15.7 Å². The van der Waals surface area contributed by atoms with E-state index in [0.717, 1.165) is 11.8 Å². The van der Waals surface area contributed by atoms with E-state index >= 15 is 0 Å². The molecule has 110 valence electrons. The molecule has 0 aliphatic rings. The summed E-state index contributed by atoms with van der Waals surface area (Å²) in [6, 6.07) is 10.0. The molecule has 0 bridgehead atoms. The number of nitrogens with zero attached hydrogens (tertiary/aromatic N) is 1. The van der Waals surface area contributed by atoms with Crippen molar-refractivity contribution in [3.05, 3.63) is 53.7 Å². The molecule has 0 radical (unpaired) electrons. The third-order valence-corrected chi connectivity index (χ3v) is 3.85. The quantitative estimate of drug-likeness (QED) is 0.864. The first-order chi connectivity index (χ1) is 9.86. The normalized spacial score (nSPS) is 11.1. The summed E-state index contributed by atoms with van der Waals surface area (Å²) >= 11 is 0. The van der Waals surface area contributed by atoms with Crippen molar-refractivity contribution in [1.29, 1.82) is 0 Å². The number of nitrogens with one attached hydrogen (secondary N) is 1. The molecule has 7 heteroatoms. The van der Waals surface area contributed by atoms with Crippen molar-refractivity contribution in [2.45, 2.75) is 11.6 Å². The lowest BCUT2D eigenvalue weighted by molar-refractivity contribution is 0.100. The zero-order chi connectivity index (χ0) is 15.5. The van der Waals surface area contributed by atoms with E-state index in [-0.39, 0.29) is 5.03 Å². The first-order valence-electron chi connectivity index (χ1n) is 6.15. The van der Waals surface area contributed by atoms with Gasteiger partial charge in [-0.15, -0.1) is 0 Å². The minimum Gasteiger partial charge on any atom is -0.380 e. The molecular formula is C14H15N3O3S. The van der Waals surface area contributed by atoms with Gasteiger partial charge >= 0.3 is 0 Å². The lowest BCUT2D eigenvalue weighted by Gasteiger charge is -2.07. The Bertz CT molecular complexity index is 738. The van der Waals surface area contributed by atoms with Crippen molar-refractivity contribution in [1.82, 2.24) is 4.98 Å². The van der Waals surface area contributed by atoms with E-state index in [2.05, 4.69) is 10.3 Å². The summed E-state index contributed by atoms with van der Waals surface area (Å²) < 4.78 is 22.6. The summed E-state index contributed by atoms with van der Waals surface area (Å²) in [6.07, 6.45) is 2.58. The zero-order valence-corrected chi connectivity index (χ0v) is 12.2. The van der Waals surface area contributed by atoms with Crippen LogP contribution >= 0.6 is 0 Å². The summed E-state index contributed by atoms with van der Waals surface area (Å²) in [5.74, 6) is -0.463. The number of anilines is 1. The van der Waals surface area contributed by atoms with Crippen LogP contribution in [-0.4, -0.2) is 25.6 Å². The maximum absolute atomic E-state index is 11.3. The summed E-state index contributed by atoms with van der Waals surface area (Å²) in [4.78, 5) is 14.8. The molecule has 2 aromatic rings. The molecule has 1 aromatic carbocycles. The smallest absolute Gasteiger partial charge is 0.248 e.